The zero-order valence-electron chi connectivity index (χ0n) is 13.3. The van der Waals surface area contributed by atoms with E-state index in [1.165, 1.54) is 35.4 Å². The summed E-state index contributed by atoms with van der Waals surface area (Å²) in [4.78, 5) is 21.6. The average Bonchev–Trinajstić information content (AvgIpc) is 2.76. The number of aromatic nitrogens is 2. The van der Waals surface area contributed by atoms with Crippen LogP contribution in [0.15, 0.2) is 24.3 Å². The second-order valence-electron chi connectivity index (χ2n) is 6.02. The first-order chi connectivity index (χ1) is 12.1. The number of nitrogens with one attached hydrogen (secondary N) is 1. The van der Waals surface area contributed by atoms with Gasteiger partial charge in [-0.3, -0.25) is 10.1 Å². The maximum absolute atomic E-state index is 11.0. The summed E-state index contributed by atoms with van der Waals surface area (Å²) in [7, 11) is 0. The van der Waals surface area contributed by atoms with Crippen LogP contribution in [0.1, 0.15) is 29.7 Å². The van der Waals surface area contributed by atoms with Crippen molar-refractivity contribution in [3.8, 4) is 0 Å². The zero-order valence-corrected chi connectivity index (χ0v) is 14.9. The molecule has 0 fully saturated rings. The summed E-state index contributed by atoms with van der Waals surface area (Å²) in [6.45, 7) is 0. The van der Waals surface area contributed by atoms with E-state index in [4.69, 9.17) is 11.6 Å². The number of fused-ring (bicyclic) bond motifs is 3. The first kappa shape index (κ1) is 16.2. The Kier molecular flexibility index (Phi) is 4.27. The number of nitro benzene ring substituents is 1. The SMILES string of the molecule is O=[N+]([O-])c1cccc(Nc2nc(Cl)nc3sc4c(c23)CCCCC4)c1. The van der Waals surface area contributed by atoms with Gasteiger partial charge in [0.05, 0.1) is 10.3 Å². The van der Waals surface area contributed by atoms with Crippen molar-refractivity contribution in [2.45, 2.75) is 32.1 Å². The summed E-state index contributed by atoms with van der Waals surface area (Å²) in [5.41, 5.74) is 1.94. The van der Waals surface area contributed by atoms with E-state index in [-0.39, 0.29) is 11.0 Å². The average molecular weight is 375 g/mol. The van der Waals surface area contributed by atoms with Crippen LogP contribution in [0.25, 0.3) is 10.2 Å². The third kappa shape index (κ3) is 3.17. The Morgan fingerprint density at radius 2 is 2.04 bits per heavy atom. The highest BCUT2D eigenvalue weighted by atomic mass is 35.5. The quantitative estimate of drug-likeness (QED) is 0.292. The molecule has 1 aliphatic carbocycles. The standard InChI is InChI=1S/C17H15ClN4O2S/c18-17-20-15(19-10-5-4-6-11(9-10)22(23)24)14-12-7-2-1-3-8-13(12)25-16(14)21-17/h4-6,9H,1-3,7-8H2,(H,19,20,21). The van der Waals surface area contributed by atoms with Gasteiger partial charge >= 0.3 is 0 Å². The molecule has 1 aromatic carbocycles. The molecule has 0 amide bonds. The van der Waals surface area contributed by atoms with Crippen LogP contribution in [0.2, 0.25) is 5.28 Å². The van der Waals surface area contributed by atoms with Crippen molar-refractivity contribution < 1.29 is 4.92 Å². The maximum atomic E-state index is 11.0. The van der Waals surface area contributed by atoms with E-state index in [9.17, 15) is 10.1 Å². The van der Waals surface area contributed by atoms with Crippen molar-refractivity contribution in [1.29, 1.82) is 0 Å². The van der Waals surface area contributed by atoms with Crippen LogP contribution in [0.3, 0.4) is 0 Å². The lowest BCUT2D eigenvalue weighted by atomic mass is 10.1. The van der Waals surface area contributed by atoms with Crippen LogP contribution < -0.4 is 5.32 Å². The molecule has 2 aromatic heterocycles. The van der Waals surface area contributed by atoms with Crippen molar-refractivity contribution in [3.63, 3.8) is 0 Å². The number of rotatable bonds is 3. The lowest BCUT2D eigenvalue weighted by molar-refractivity contribution is -0.384. The minimum absolute atomic E-state index is 0.0329. The van der Waals surface area contributed by atoms with Gasteiger partial charge in [0.1, 0.15) is 10.6 Å². The fourth-order valence-electron chi connectivity index (χ4n) is 3.23. The van der Waals surface area contributed by atoms with Crippen LogP contribution in [0, 0.1) is 10.1 Å². The number of aryl methyl sites for hydroxylation is 2. The number of nitro groups is 1. The van der Waals surface area contributed by atoms with Gasteiger partial charge in [-0.05, 0) is 48.9 Å². The molecule has 0 bridgehead atoms. The maximum Gasteiger partial charge on any atom is 0.271 e. The Balaban J connectivity index is 1.82. The molecule has 0 atom stereocenters. The Bertz CT molecular complexity index is 973. The normalized spacial score (nSPS) is 14.1. The first-order valence-electron chi connectivity index (χ1n) is 8.11. The van der Waals surface area contributed by atoms with Crippen LogP contribution in [0.4, 0.5) is 17.2 Å². The minimum atomic E-state index is -0.412. The van der Waals surface area contributed by atoms with E-state index in [0.717, 1.165) is 29.5 Å². The van der Waals surface area contributed by atoms with Gasteiger partial charge in [0, 0.05) is 22.7 Å². The molecule has 1 N–H and O–H groups in total. The number of non-ortho nitro benzene ring substituents is 1. The molecule has 2 heterocycles. The van der Waals surface area contributed by atoms with Crippen LogP contribution in [-0.2, 0) is 12.8 Å². The van der Waals surface area contributed by atoms with Crippen molar-refractivity contribution in [2.24, 2.45) is 0 Å². The van der Waals surface area contributed by atoms with Gasteiger partial charge in [-0.2, -0.15) is 4.98 Å². The van der Waals surface area contributed by atoms with Crippen LogP contribution in [0.5, 0.6) is 0 Å². The Morgan fingerprint density at radius 1 is 1.20 bits per heavy atom. The summed E-state index contributed by atoms with van der Waals surface area (Å²) in [6.07, 6.45) is 5.63. The van der Waals surface area contributed by atoms with Crippen molar-refractivity contribution in [3.05, 3.63) is 50.1 Å². The molecule has 0 aliphatic heterocycles. The second kappa shape index (κ2) is 6.57. The third-order valence-electron chi connectivity index (χ3n) is 4.36. The van der Waals surface area contributed by atoms with Gasteiger partial charge in [0.15, 0.2) is 0 Å². The molecule has 1 aliphatic rings. The molecule has 8 heteroatoms. The molecular weight excluding hydrogens is 360 g/mol. The third-order valence-corrected chi connectivity index (χ3v) is 5.71. The highest BCUT2D eigenvalue weighted by molar-refractivity contribution is 7.19. The van der Waals surface area contributed by atoms with E-state index in [1.807, 2.05) is 0 Å². The summed E-state index contributed by atoms with van der Waals surface area (Å²) in [5.74, 6) is 0.620. The Hall–Kier alpha value is -2.25. The van der Waals surface area contributed by atoms with Crippen molar-refractivity contribution in [2.75, 3.05) is 5.32 Å². The smallest absolute Gasteiger partial charge is 0.271 e. The summed E-state index contributed by atoms with van der Waals surface area (Å²) >= 11 is 7.78. The first-order valence-corrected chi connectivity index (χ1v) is 9.30. The highest BCUT2D eigenvalue weighted by Crippen LogP contribution is 2.39. The molecular formula is C17H15ClN4O2S. The summed E-state index contributed by atoms with van der Waals surface area (Å²) < 4.78 is 0. The minimum Gasteiger partial charge on any atom is -0.339 e. The highest BCUT2D eigenvalue weighted by Gasteiger charge is 2.20. The van der Waals surface area contributed by atoms with Gasteiger partial charge in [0.25, 0.3) is 5.69 Å². The molecule has 128 valence electrons. The van der Waals surface area contributed by atoms with Crippen LogP contribution >= 0.6 is 22.9 Å². The number of benzene rings is 1. The van der Waals surface area contributed by atoms with E-state index in [0.29, 0.717) is 11.5 Å². The van der Waals surface area contributed by atoms with Crippen molar-refractivity contribution >= 4 is 50.3 Å². The Labute approximate surface area is 153 Å². The number of halogens is 1. The number of anilines is 2. The lowest BCUT2D eigenvalue weighted by Gasteiger charge is -2.09. The summed E-state index contributed by atoms with van der Waals surface area (Å²) in [5, 5.41) is 15.4. The number of hydrogen-bond acceptors (Lipinski definition) is 6. The predicted molar refractivity (Wildman–Crippen MR) is 100 cm³/mol. The number of hydrogen-bond donors (Lipinski definition) is 1. The summed E-state index contributed by atoms with van der Waals surface area (Å²) in [6, 6.07) is 6.38. The number of thiophene rings is 1. The van der Waals surface area contributed by atoms with Gasteiger partial charge < -0.3 is 5.32 Å². The van der Waals surface area contributed by atoms with Gasteiger partial charge in [0.2, 0.25) is 5.28 Å². The van der Waals surface area contributed by atoms with E-state index >= 15 is 0 Å². The molecule has 25 heavy (non-hydrogen) atoms. The predicted octanol–water partition coefficient (Wildman–Crippen LogP) is 5.27. The zero-order chi connectivity index (χ0) is 17.4. The molecule has 0 saturated carbocycles. The van der Waals surface area contributed by atoms with E-state index < -0.39 is 4.92 Å². The van der Waals surface area contributed by atoms with Gasteiger partial charge in [-0.15, -0.1) is 11.3 Å². The molecule has 0 radical (unpaired) electrons. The van der Waals surface area contributed by atoms with E-state index in [1.54, 1.807) is 23.5 Å². The fourth-order valence-corrected chi connectivity index (χ4v) is 4.71. The molecule has 6 nitrogen and oxygen atoms in total. The fraction of sp³-hybridized carbons (Fsp3) is 0.294. The van der Waals surface area contributed by atoms with Gasteiger partial charge in [-0.25, -0.2) is 4.98 Å². The van der Waals surface area contributed by atoms with E-state index in [2.05, 4.69) is 15.3 Å². The molecule has 4 rings (SSSR count). The van der Waals surface area contributed by atoms with Gasteiger partial charge in [-0.1, -0.05) is 12.5 Å². The number of nitrogens with zero attached hydrogens (tertiary/aromatic N) is 3. The molecule has 0 saturated heterocycles. The van der Waals surface area contributed by atoms with Crippen molar-refractivity contribution in [1.82, 2.24) is 9.97 Å². The Morgan fingerprint density at radius 3 is 2.88 bits per heavy atom. The lowest BCUT2D eigenvalue weighted by Crippen LogP contribution is -1.98. The molecule has 0 spiro atoms. The largest absolute Gasteiger partial charge is 0.339 e. The monoisotopic (exact) mass is 374 g/mol. The topological polar surface area (TPSA) is 81.0 Å². The second-order valence-corrected chi connectivity index (χ2v) is 7.44. The molecule has 3 aromatic rings. The molecule has 0 unspecified atom stereocenters. The van der Waals surface area contributed by atoms with Crippen LogP contribution in [-0.4, -0.2) is 14.9 Å².